The summed E-state index contributed by atoms with van der Waals surface area (Å²) in [5.41, 5.74) is 11.7. The number of rotatable bonds is 7. The van der Waals surface area contributed by atoms with E-state index in [4.69, 9.17) is 0 Å². The van der Waals surface area contributed by atoms with Crippen molar-refractivity contribution in [2.75, 3.05) is 17.3 Å². The highest BCUT2D eigenvalue weighted by Crippen LogP contribution is 2.37. The van der Waals surface area contributed by atoms with Crippen LogP contribution in [0.3, 0.4) is 0 Å². The molecule has 0 saturated heterocycles. The van der Waals surface area contributed by atoms with Crippen molar-refractivity contribution in [2.24, 2.45) is 0 Å². The van der Waals surface area contributed by atoms with Gasteiger partial charge in [0.2, 0.25) is 0 Å². The van der Waals surface area contributed by atoms with Crippen LogP contribution in [0.1, 0.15) is 0 Å². The Labute approximate surface area is 230 Å². The van der Waals surface area contributed by atoms with Gasteiger partial charge in [-0.1, -0.05) is 109 Å². The fourth-order valence-corrected chi connectivity index (χ4v) is 4.94. The first kappa shape index (κ1) is 24.3. The Morgan fingerprint density at radius 3 is 1.41 bits per heavy atom. The third-order valence-corrected chi connectivity index (χ3v) is 7.09. The van der Waals surface area contributed by atoms with Gasteiger partial charge in [-0.25, -0.2) is 0 Å². The number of benzene rings is 6. The van der Waals surface area contributed by atoms with Gasteiger partial charge < -0.3 is 10.2 Å². The molecule has 1 N–H and O–H groups in total. The predicted molar refractivity (Wildman–Crippen MR) is 167 cm³/mol. The van der Waals surface area contributed by atoms with Crippen molar-refractivity contribution in [3.05, 3.63) is 158 Å². The fraction of sp³-hybridized carbons (Fsp3) is 0.0270. The van der Waals surface area contributed by atoms with Crippen LogP contribution in [-0.4, -0.2) is 7.05 Å². The van der Waals surface area contributed by atoms with Crippen LogP contribution in [0.25, 0.3) is 33.4 Å². The lowest BCUT2D eigenvalue weighted by atomic mass is 9.96. The highest BCUT2D eigenvalue weighted by molar-refractivity contribution is 5.86. The van der Waals surface area contributed by atoms with E-state index < -0.39 is 0 Å². The van der Waals surface area contributed by atoms with Gasteiger partial charge in [0.25, 0.3) is 0 Å². The van der Waals surface area contributed by atoms with Gasteiger partial charge in [-0.15, -0.1) is 0 Å². The topological polar surface area (TPSA) is 15.3 Å². The molecule has 2 heteroatoms. The van der Waals surface area contributed by atoms with Crippen LogP contribution in [0.15, 0.2) is 158 Å². The van der Waals surface area contributed by atoms with Crippen molar-refractivity contribution in [1.82, 2.24) is 0 Å². The zero-order chi connectivity index (χ0) is 26.4. The van der Waals surface area contributed by atoms with Crippen LogP contribution in [0.4, 0.5) is 22.7 Å². The van der Waals surface area contributed by atoms with Crippen LogP contribution >= 0.6 is 0 Å². The van der Waals surface area contributed by atoms with Crippen molar-refractivity contribution in [2.45, 2.75) is 0 Å². The predicted octanol–water partition coefficient (Wildman–Crippen LogP) is 10.2. The van der Waals surface area contributed by atoms with Gasteiger partial charge in [-0.2, -0.15) is 0 Å². The summed E-state index contributed by atoms with van der Waals surface area (Å²) in [5.74, 6) is 0. The summed E-state index contributed by atoms with van der Waals surface area (Å²) >= 11 is 0. The Hall–Kier alpha value is -5.08. The summed E-state index contributed by atoms with van der Waals surface area (Å²) in [6.07, 6.45) is 0. The molecule has 0 atom stereocenters. The van der Waals surface area contributed by atoms with E-state index in [2.05, 4.69) is 169 Å². The SMILES string of the molecule is CN(c1ccccc1)c1ccc(-c2ccc(Nc3ccc(-c4ccccc4)cc3)cc2)cc1-c1ccccc1. The molecule has 0 spiro atoms. The summed E-state index contributed by atoms with van der Waals surface area (Å²) in [4.78, 5) is 2.25. The maximum Gasteiger partial charge on any atom is 0.0488 e. The molecule has 0 aliphatic carbocycles. The molecule has 0 aliphatic heterocycles. The standard InChI is InChI=1S/C37H30N2/c1-39(35-15-9-4-10-16-35)37-26-21-32(27-36(37)31-13-7-3-8-14-31)30-19-24-34(25-20-30)38-33-22-17-29(18-23-33)28-11-5-2-6-12-28/h2-27,38H,1H3. The smallest absolute Gasteiger partial charge is 0.0488 e. The number of hydrogen-bond donors (Lipinski definition) is 1. The molecular formula is C37H30N2. The van der Waals surface area contributed by atoms with E-state index in [1.54, 1.807) is 0 Å². The van der Waals surface area contributed by atoms with Crippen molar-refractivity contribution >= 4 is 22.7 Å². The van der Waals surface area contributed by atoms with Crippen LogP contribution in [0.5, 0.6) is 0 Å². The van der Waals surface area contributed by atoms with Crippen LogP contribution in [0.2, 0.25) is 0 Å². The van der Waals surface area contributed by atoms with Crippen molar-refractivity contribution in [3.8, 4) is 33.4 Å². The second-order valence-corrected chi connectivity index (χ2v) is 9.64. The van der Waals surface area contributed by atoms with Crippen molar-refractivity contribution in [1.29, 1.82) is 0 Å². The molecule has 0 aromatic heterocycles. The van der Waals surface area contributed by atoms with Gasteiger partial charge in [0.05, 0.1) is 0 Å². The summed E-state index contributed by atoms with van der Waals surface area (Å²) in [5, 5.41) is 3.53. The van der Waals surface area contributed by atoms with Crippen molar-refractivity contribution < 1.29 is 0 Å². The van der Waals surface area contributed by atoms with E-state index in [0.717, 1.165) is 17.1 Å². The quantitative estimate of drug-likeness (QED) is 0.234. The molecule has 0 radical (unpaired) electrons. The Kier molecular flexibility index (Phi) is 6.92. The molecule has 0 saturated carbocycles. The second kappa shape index (κ2) is 11.1. The van der Waals surface area contributed by atoms with Gasteiger partial charge in [0.15, 0.2) is 0 Å². The number of anilines is 4. The van der Waals surface area contributed by atoms with Crippen molar-refractivity contribution in [3.63, 3.8) is 0 Å². The van der Waals surface area contributed by atoms with Crippen LogP contribution in [0, 0.1) is 0 Å². The maximum atomic E-state index is 3.53. The highest BCUT2D eigenvalue weighted by Gasteiger charge is 2.13. The van der Waals surface area contributed by atoms with Gasteiger partial charge in [-0.3, -0.25) is 0 Å². The average Bonchev–Trinajstić information content (AvgIpc) is 3.02. The molecule has 0 amide bonds. The maximum absolute atomic E-state index is 3.53. The monoisotopic (exact) mass is 502 g/mol. The molecule has 0 unspecified atom stereocenters. The first-order valence-corrected chi connectivity index (χ1v) is 13.3. The number of hydrogen-bond acceptors (Lipinski definition) is 2. The Morgan fingerprint density at radius 1 is 0.410 bits per heavy atom. The van der Waals surface area contributed by atoms with E-state index in [9.17, 15) is 0 Å². The van der Waals surface area contributed by atoms with E-state index in [0.29, 0.717) is 0 Å². The molecule has 39 heavy (non-hydrogen) atoms. The van der Waals surface area contributed by atoms with E-state index in [1.807, 2.05) is 6.07 Å². The number of nitrogens with one attached hydrogen (secondary N) is 1. The first-order chi connectivity index (χ1) is 19.2. The van der Waals surface area contributed by atoms with Crippen LogP contribution < -0.4 is 10.2 Å². The highest BCUT2D eigenvalue weighted by atomic mass is 15.1. The molecule has 2 nitrogen and oxygen atoms in total. The minimum Gasteiger partial charge on any atom is -0.356 e. The molecule has 6 aromatic rings. The summed E-state index contributed by atoms with van der Waals surface area (Å²) in [6, 6.07) is 55.5. The van der Waals surface area contributed by atoms with Gasteiger partial charge in [0, 0.05) is 35.4 Å². The normalized spacial score (nSPS) is 10.7. The Bertz CT molecular complexity index is 1640. The Balaban J connectivity index is 1.25. The zero-order valence-corrected chi connectivity index (χ0v) is 22.0. The van der Waals surface area contributed by atoms with E-state index >= 15 is 0 Å². The summed E-state index contributed by atoms with van der Waals surface area (Å²) < 4.78 is 0. The second-order valence-electron chi connectivity index (χ2n) is 9.64. The number of nitrogens with zero attached hydrogens (tertiary/aromatic N) is 1. The summed E-state index contributed by atoms with van der Waals surface area (Å²) in [6.45, 7) is 0. The third-order valence-electron chi connectivity index (χ3n) is 7.09. The van der Waals surface area contributed by atoms with Crippen LogP contribution in [-0.2, 0) is 0 Å². The first-order valence-electron chi connectivity index (χ1n) is 13.3. The fourth-order valence-electron chi connectivity index (χ4n) is 4.94. The third kappa shape index (κ3) is 5.46. The molecule has 6 aromatic carbocycles. The van der Waals surface area contributed by atoms with Gasteiger partial charge >= 0.3 is 0 Å². The molecule has 0 heterocycles. The van der Waals surface area contributed by atoms with E-state index in [-0.39, 0.29) is 0 Å². The average molecular weight is 503 g/mol. The molecule has 6 rings (SSSR count). The lowest BCUT2D eigenvalue weighted by Gasteiger charge is -2.24. The molecule has 0 fully saturated rings. The molecular weight excluding hydrogens is 472 g/mol. The minimum absolute atomic E-state index is 1.06. The molecule has 188 valence electrons. The lowest BCUT2D eigenvalue weighted by Crippen LogP contribution is -2.10. The lowest BCUT2D eigenvalue weighted by molar-refractivity contribution is 1.21. The minimum atomic E-state index is 1.06. The summed E-state index contributed by atoms with van der Waals surface area (Å²) in [7, 11) is 2.13. The van der Waals surface area contributed by atoms with Gasteiger partial charge in [-0.05, 0) is 76.3 Å². The molecule has 0 bridgehead atoms. The largest absolute Gasteiger partial charge is 0.356 e. The Morgan fingerprint density at radius 2 is 0.846 bits per heavy atom. The van der Waals surface area contributed by atoms with Gasteiger partial charge in [0.1, 0.15) is 0 Å². The number of para-hydroxylation sites is 1. The zero-order valence-electron chi connectivity index (χ0n) is 22.0. The van der Waals surface area contributed by atoms with E-state index in [1.165, 1.54) is 39.1 Å². The molecule has 0 aliphatic rings.